The molecule has 3 amide bonds. The highest BCUT2D eigenvalue weighted by molar-refractivity contribution is 6.00. The van der Waals surface area contributed by atoms with Crippen LogP contribution in [0.1, 0.15) is 63.8 Å². The molecule has 3 saturated heterocycles. The van der Waals surface area contributed by atoms with Crippen molar-refractivity contribution >= 4 is 40.5 Å². The summed E-state index contributed by atoms with van der Waals surface area (Å²) >= 11 is 0. The molecule has 0 radical (unpaired) electrons. The summed E-state index contributed by atoms with van der Waals surface area (Å²) in [6.07, 6.45) is 9.66. The Labute approximate surface area is 351 Å². The molecule has 1 aliphatic carbocycles. The highest BCUT2D eigenvalue weighted by atomic mass is 19.1. The number of imide groups is 1. The van der Waals surface area contributed by atoms with Crippen molar-refractivity contribution in [1.29, 1.82) is 0 Å². The third-order valence-corrected chi connectivity index (χ3v) is 13.0. The monoisotopic (exact) mass is 831 g/mol. The number of amides is 3. The molecule has 318 valence electrons. The first kappa shape index (κ1) is 40.3. The first-order valence-electron chi connectivity index (χ1n) is 21.5. The van der Waals surface area contributed by atoms with Crippen molar-refractivity contribution in [3.05, 3.63) is 99.8 Å². The van der Waals surface area contributed by atoms with Crippen molar-refractivity contribution in [1.82, 2.24) is 34.2 Å². The minimum absolute atomic E-state index is 0.0103. The van der Waals surface area contributed by atoms with Crippen LogP contribution >= 0.6 is 0 Å². The molecule has 5 aromatic rings. The predicted molar refractivity (Wildman–Crippen MR) is 227 cm³/mol. The number of piperidine rings is 2. The number of oxazole rings is 1. The van der Waals surface area contributed by atoms with Gasteiger partial charge in [0.1, 0.15) is 11.7 Å². The van der Waals surface area contributed by atoms with Crippen LogP contribution in [-0.2, 0) is 14.4 Å². The smallest absolute Gasteiger partial charge is 0.408 e. The van der Waals surface area contributed by atoms with E-state index in [-0.39, 0.29) is 47.9 Å². The van der Waals surface area contributed by atoms with E-state index in [0.29, 0.717) is 40.6 Å². The molecule has 4 aliphatic rings. The van der Waals surface area contributed by atoms with Gasteiger partial charge >= 0.3 is 5.76 Å². The summed E-state index contributed by atoms with van der Waals surface area (Å²) in [7, 11) is 0. The van der Waals surface area contributed by atoms with Crippen molar-refractivity contribution in [2.75, 3.05) is 56.0 Å². The van der Waals surface area contributed by atoms with Crippen LogP contribution in [0.15, 0.2) is 87.1 Å². The van der Waals surface area contributed by atoms with E-state index in [0.717, 1.165) is 90.0 Å². The van der Waals surface area contributed by atoms with Gasteiger partial charge in [-0.25, -0.2) is 19.2 Å². The minimum Gasteiger partial charge on any atom is -0.408 e. The highest BCUT2D eigenvalue weighted by Crippen LogP contribution is 2.32. The number of rotatable bonds is 10. The van der Waals surface area contributed by atoms with Gasteiger partial charge in [0.05, 0.1) is 11.7 Å². The van der Waals surface area contributed by atoms with Crippen molar-refractivity contribution in [2.24, 2.45) is 11.8 Å². The van der Waals surface area contributed by atoms with Gasteiger partial charge in [-0.3, -0.25) is 38.5 Å². The fourth-order valence-corrected chi connectivity index (χ4v) is 9.55. The van der Waals surface area contributed by atoms with Gasteiger partial charge in [-0.15, -0.1) is 0 Å². The van der Waals surface area contributed by atoms with E-state index < -0.39 is 23.5 Å². The molecule has 2 aromatic carbocycles. The lowest BCUT2D eigenvalue weighted by molar-refractivity contribution is -0.138. The summed E-state index contributed by atoms with van der Waals surface area (Å²) in [6.45, 7) is 6.07. The van der Waals surface area contributed by atoms with Crippen LogP contribution in [0.25, 0.3) is 28.0 Å². The number of fused-ring (bicyclic) bond motifs is 1. The number of nitrogens with one attached hydrogen (secondary N) is 2. The number of anilines is 2. The van der Waals surface area contributed by atoms with Crippen LogP contribution in [-0.4, -0.2) is 98.5 Å². The average molecular weight is 832 g/mol. The van der Waals surface area contributed by atoms with Crippen LogP contribution in [0.2, 0.25) is 0 Å². The van der Waals surface area contributed by atoms with Gasteiger partial charge in [-0.1, -0.05) is 24.6 Å². The number of hydrogen-bond acceptors (Lipinski definition) is 11. The highest BCUT2D eigenvalue weighted by Gasteiger charge is 2.34. The normalized spacial score (nSPS) is 21.8. The molecule has 0 spiro atoms. The number of benzene rings is 2. The van der Waals surface area contributed by atoms with Gasteiger partial charge in [-0.05, 0) is 87.7 Å². The fourth-order valence-electron chi connectivity index (χ4n) is 9.55. The minimum atomic E-state index is -0.768. The van der Waals surface area contributed by atoms with Crippen LogP contribution in [0.3, 0.4) is 0 Å². The zero-order chi connectivity index (χ0) is 42.0. The number of piperazine rings is 1. The molecule has 61 heavy (non-hydrogen) atoms. The van der Waals surface area contributed by atoms with Crippen molar-refractivity contribution in [2.45, 2.75) is 69.9 Å². The van der Waals surface area contributed by atoms with Crippen molar-refractivity contribution in [3.8, 4) is 16.9 Å². The van der Waals surface area contributed by atoms with E-state index in [2.05, 4.69) is 35.3 Å². The van der Waals surface area contributed by atoms with Gasteiger partial charge in [0.2, 0.25) is 23.7 Å². The molecular formula is C45H50FN9O6. The van der Waals surface area contributed by atoms with E-state index >= 15 is 4.39 Å². The number of nitrogens with zero attached hydrogens (tertiary/aromatic N) is 7. The van der Waals surface area contributed by atoms with E-state index in [9.17, 15) is 24.0 Å². The maximum atomic E-state index is 15.1. The van der Waals surface area contributed by atoms with Gasteiger partial charge < -0.3 is 19.5 Å². The number of aromatic nitrogens is 4. The van der Waals surface area contributed by atoms with Crippen LogP contribution in [0, 0.1) is 17.7 Å². The number of carbonyl (C=O) groups is 3. The number of carbonyl (C=O) groups excluding carboxylic acids is 3. The Balaban J connectivity index is 0.728. The number of likely N-dealkylation sites (tertiary alicyclic amines) is 1. The Morgan fingerprint density at radius 3 is 2.52 bits per heavy atom. The second-order valence-electron chi connectivity index (χ2n) is 16.8. The third-order valence-electron chi connectivity index (χ3n) is 13.0. The average Bonchev–Trinajstić information content (AvgIpc) is 3.61. The molecular weight excluding hydrogens is 782 g/mol. The van der Waals surface area contributed by atoms with E-state index in [4.69, 9.17) is 4.42 Å². The molecule has 6 heterocycles. The summed E-state index contributed by atoms with van der Waals surface area (Å²) in [5, 5.41) is 5.71. The lowest BCUT2D eigenvalue weighted by Gasteiger charge is -2.38. The number of hydrogen-bond donors (Lipinski definition) is 2. The molecule has 3 aromatic heterocycles. The van der Waals surface area contributed by atoms with E-state index in [1.165, 1.54) is 21.4 Å². The topological polar surface area (TPSA) is 168 Å². The van der Waals surface area contributed by atoms with E-state index in [1.807, 2.05) is 18.2 Å². The standard InChI is InChI=1S/C45H50FN9O6/c46-35-28-47-44(50-41(35)30-5-4-8-34(26-30)54-17-2-1-9-40(54)57)48-32-7-3-6-31(25-32)43(59)53-19-15-29(16-20-53)14-18-51-21-23-52(24-22-51)33-10-11-36-38(27-33)61-45(60)55(36)37-12-13-39(56)49-42(37)58/h1-2,4-5,8-11,17,26-29,31-32,37H,3,6-7,12-16,18-25H2,(H,47,48,50)(H,49,56,58)/t31-,32+,37?/m1/s1. The molecule has 2 N–H and O–H groups in total. The second kappa shape index (κ2) is 17.4. The number of pyridine rings is 1. The Bertz CT molecular complexity index is 2560. The maximum Gasteiger partial charge on any atom is 0.420 e. The van der Waals surface area contributed by atoms with Crippen LogP contribution in [0.4, 0.5) is 16.0 Å². The van der Waals surface area contributed by atoms with E-state index in [1.54, 1.807) is 42.6 Å². The van der Waals surface area contributed by atoms with Gasteiger partial charge in [-0.2, -0.15) is 0 Å². The maximum absolute atomic E-state index is 15.1. The SMILES string of the molecule is O=C1CCC(n2c(=O)oc3cc(N4CCN(CCC5CCN(C(=O)[C@@H]6CCC[C@H](Nc7ncc(F)c(-c8cccc(-n9ccccc9=O)c8)n7)C6)CC5)CC4)ccc32)C(=O)N1. The van der Waals surface area contributed by atoms with Crippen molar-refractivity contribution in [3.63, 3.8) is 0 Å². The first-order chi connectivity index (χ1) is 29.7. The second-order valence-corrected chi connectivity index (χ2v) is 16.8. The number of halogens is 1. The molecule has 1 saturated carbocycles. The molecule has 16 heteroatoms. The largest absolute Gasteiger partial charge is 0.420 e. The summed E-state index contributed by atoms with van der Waals surface area (Å²) in [4.78, 5) is 78.6. The Morgan fingerprint density at radius 1 is 0.885 bits per heavy atom. The van der Waals surface area contributed by atoms with Crippen molar-refractivity contribution < 1.29 is 23.2 Å². The zero-order valence-electron chi connectivity index (χ0n) is 34.0. The summed E-state index contributed by atoms with van der Waals surface area (Å²) in [5.74, 6) is -0.949. The molecule has 3 aliphatic heterocycles. The van der Waals surface area contributed by atoms with Gasteiger partial charge in [0.15, 0.2) is 11.4 Å². The molecule has 9 rings (SSSR count). The Hall–Kier alpha value is -6.16. The molecule has 1 unspecified atom stereocenters. The lowest BCUT2D eigenvalue weighted by atomic mass is 9.84. The third kappa shape index (κ3) is 8.72. The first-order valence-corrected chi connectivity index (χ1v) is 21.5. The zero-order valence-corrected chi connectivity index (χ0v) is 34.0. The molecule has 3 atom stereocenters. The molecule has 0 bridgehead atoms. The fraction of sp³-hybridized carbons (Fsp3) is 0.444. The molecule has 4 fully saturated rings. The summed E-state index contributed by atoms with van der Waals surface area (Å²) < 4.78 is 23.5. The van der Waals surface area contributed by atoms with Gasteiger partial charge in [0, 0.05) is 92.9 Å². The Morgan fingerprint density at radius 2 is 1.72 bits per heavy atom. The quantitative estimate of drug-likeness (QED) is 0.187. The van der Waals surface area contributed by atoms with Crippen LogP contribution < -0.4 is 26.8 Å². The molecule has 15 nitrogen and oxygen atoms in total. The van der Waals surface area contributed by atoms with Gasteiger partial charge in [0.25, 0.3) is 5.56 Å². The summed E-state index contributed by atoms with van der Waals surface area (Å²) in [6, 6.07) is 16.8. The Kier molecular flexibility index (Phi) is 11.5. The lowest BCUT2D eigenvalue weighted by Crippen LogP contribution is -2.47. The predicted octanol–water partition coefficient (Wildman–Crippen LogP) is 4.74. The van der Waals surface area contributed by atoms with Crippen LogP contribution in [0.5, 0.6) is 0 Å². The summed E-state index contributed by atoms with van der Waals surface area (Å²) in [5.41, 5.74) is 3.04.